The van der Waals surface area contributed by atoms with Gasteiger partial charge >= 0.3 is 0 Å². The van der Waals surface area contributed by atoms with Crippen molar-refractivity contribution in [2.75, 3.05) is 18.9 Å². The van der Waals surface area contributed by atoms with Crippen molar-refractivity contribution in [3.63, 3.8) is 0 Å². The number of para-hydroxylation sites is 1. The molecular weight excluding hydrogens is 244 g/mol. The Kier molecular flexibility index (Phi) is 6.15. The average molecular weight is 266 g/mol. The molecule has 106 valence electrons. The minimum absolute atomic E-state index is 0.229. The molecule has 4 N–H and O–H groups in total. The van der Waals surface area contributed by atoms with Crippen LogP contribution in [0.2, 0.25) is 0 Å². The second-order valence-electron chi connectivity index (χ2n) is 4.31. The summed E-state index contributed by atoms with van der Waals surface area (Å²) >= 11 is 0. The first-order valence-corrected chi connectivity index (χ1v) is 6.57. The number of aliphatic hydroxyl groups is 1. The topological polar surface area (TPSA) is 84.6 Å². The number of nitrogens with one attached hydrogen (secondary N) is 1. The number of hydrogen-bond donors (Lipinski definition) is 3. The van der Waals surface area contributed by atoms with E-state index in [1.165, 1.54) is 0 Å². The normalized spacial score (nSPS) is 11.9. The molecule has 1 atom stereocenters. The summed E-state index contributed by atoms with van der Waals surface area (Å²) in [6, 6.07) is 5.05. The molecule has 0 aliphatic heterocycles. The zero-order chi connectivity index (χ0) is 14.3. The van der Waals surface area contributed by atoms with Crippen LogP contribution in [0.3, 0.4) is 0 Å². The third kappa shape index (κ3) is 4.44. The van der Waals surface area contributed by atoms with E-state index < -0.39 is 6.10 Å². The third-order valence-electron chi connectivity index (χ3n) is 2.70. The Morgan fingerprint density at radius 1 is 1.47 bits per heavy atom. The number of hydrogen-bond acceptors (Lipinski definition) is 4. The number of nitrogens with two attached hydrogens (primary N) is 1. The smallest absolute Gasteiger partial charge is 0.255 e. The zero-order valence-corrected chi connectivity index (χ0v) is 11.5. The molecule has 0 spiro atoms. The Balaban J connectivity index is 2.73. The van der Waals surface area contributed by atoms with E-state index in [0.717, 1.165) is 6.42 Å². The molecule has 1 aromatic carbocycles. The van der Waals surface area contributed by atoms with Crippen molar-refractivity contribution in [1.82, 2.24) is 5.32 Å². The number of carbonyl (C=O) groups excluding carboxylic acids is 1. The lowest BCUT2D eigenvalue weighted by Crippen LogP contribution is -2.32. The molecule has 0 heterocycles. The molecule has 1 rings (SSSR count). The van der Waals surface area contributed by atoms with E-state index in [0.29, 0.717) is 30.0 Å². The standard InChI is InChI=1S/C14H22N2O3/c1-3-6-10(17)9-16-14(18)11-7-5-8-12(15)13(11)19-4-2/h5,7-8,10,17H,3-4,6,9,15H2,1-2H3,(H,16,18). The summed E-state index contributed by atoms with van der Waals surface area (Å²) in [5.41, 5.74) is 6.62. The Morgan fingerprint density at radius 3 is 2.84 bits per heavy atom. The van der Waals surface area contributed by atoms with Gasteiger partial charge in [0.2, 0.25) is 0 Å². The van der Waals surface area contributed by atoms with Crippen molar-refractivity contribution >= 4 is 11.6 Å². The molecule has 1 amide bonds. The Bertz CT molecular complexity index is 421. The second-order valence-corrected chi connectivity index (χ2v) is 4.31. The van der Waals surface area contributed by atoms with Gasteiger partial charge in [-0.2, -0.15) is 0 Å². The first kappa shape index (κ1) is 15.3. The highest BCUT2D eigenvalue weighted by Gasteiger charge is 2.15. The summed E-state index contributed by atoms with van der Waals surface area (Å²) in [4.78, 5) is 12.0. The molecule has 0 bridgehead atoms. The number of nitrogen functional groups attached to an aromatic ring is 1. The minimum Gasteiger partial charge on any atom is -0.491 e. The van der Waals surface area contributed by atoms with Crippen molar-refractivity contribution in [3.8, 4) is 5.75 Å². The predicted octanol–water partition coefficient (Wildman–Crippen LogP) is 1.56. The quantitative estimate of drug-likeness (QED) is 0.654. The fourth-order valence-electron chi connectivity index (χ4n) is 1.78. The van der Waals surface area contributed by atoms with Gasteiger partial charge in [0.15, 0.2) is 5.75 Å². The third-order valence-corrected chi connectivity index (χ3v) is 2.70. The van der Waals surface area contributed by atoms with Gasteiger partial charge in [0.05, 0.1) is 24.0 Å². The first-order valence-electron chi connectivity index (χ1n) is 6.57. The lowest BCUT2D eigenvalue weighted by atomic mass is 10.1. The van der Waals surface area contributed by atoms with Gasteiger partial charge in [-0.15, -0.1) is 0 Å². The van der Waals surface area contributed by atoms with Crippen LogP contribution in [0.5, 0.6) is 5.75 Å². The van der Waals surface area contributed by atoms with Gasteiger partial charge in [-0.3, -0.25) is 4.79 Å². The molecule has 1 aromatic rings. The molecule has 5 heteroatoms. The van der Waals surface area contributed by atoms with Crippen LogP contribution in [-0.4, -0.2) is 30.3 Å². The largest absolute Gasteiger partial charge is 0.491 e. The van der Waals surface area contributed by atoms with E-state index >= 15 is 0 Å². The van der Waals surface area contributed by atoms with Crippen LogP contribution >= 0.6 is 0 Å². The highest BCUT2D eigenvalue weighted by Crippen LogP contribution is 2.26. The maximum absolute atomic E-state index is 12.0. The van der Waals surface area contributed by atoms with Gasteiger partial charge < -0.3 is 20.9 Å². The molecule has 0 aromatic heterocycles. The lowest BCUT2D eigenvalue weighted by molar-refractivity contribution is 0.0906. The van der Waals surface area contributed by atoms with Crippen molar-refractivity contribution in [2.24, 2.45) is 0 Å². The van der Waals surface area contributed by atoms with E-state index in [2.05, 4.69) is 5.32 Å². The molecule has 19 heavy (non-hydrogen) atoms. The van der Waals surface area contributed by atoms with Crippen LogP contribution in [-0.2, 0) is 0 Å². The maximum atomic E-state index is 12.0. The second kappa shape index (κ2) is 7.63. The van der Waals surface area contributed by atoms with Crippen molar-refractivity contribution < 1.29 is 14.6 Å². The number of rotatable bonds is 7. The monoisotopic (exact) mass is 266 g/mol. The highest BCUT2D eigenvalue weighted by atomic mass is 16.5. The van der Waals surface area contributed by atoms with Gasteiger partial charge in [-0.1, -0.05) is 19.4 Å². The van der Waals surface area contributed by atoms with E-state index in [1.54, 1.807) is 18.2 Å². The summed E-state index contributed by atoms with van der Waals surface area (Å²) in [5.74, 6) is 0.110. The molecule has 0 saturated carbocycles. The molecule has 0 radical (unpaired) electrons. The number of carbonyl (C=O) groups is 1. The molecule has 1 unspecified atom stereocenters. The van der Waals surface area contributed by atoms with E-state index in [9.17, 15) is 9.90 Å². The van der Waals surface area contributed by atoms with Crippen LogP contribution in [0.25, 0.3) is 0 Å². The zero-order valence-electron chi connectivity index (χ0n) is 11.5. The van der Waals surface area contributed by atoms with Crippen LogP contribution < -0.4 is 15.8 Å². The molecular formula is C14H22N2O3. The van der Waals surface area contributed by atoms with Crippen molar-refractivity contribution in [2.45, 2.75) is 32.8 Å². The Morgan fingerprint density at radius 2 is 2.21 bits per heavy atom. The van der Waals surface area contributed by atoms with Crippen molar-refractivity contribution in [3.05, 3.63) is 23.8 Å². The number of ether oxygens (including phenoxy) is 1. The Hall–Kier alpha value is -1.75. The van der Waals surface area contributed by atoms with E-state index in [1.807, 2.05) is 13.8 Å². The van der Waals surface area contributed by atoms with Crippen LogP contribution in [0.1, 0.15) is 37.0 Å². The van der Waals surface area contributed by atoms with Crippen LogP contribution in [0.15, 0.2) is 18.2 Å². The SMILES string of the molecule is CCCC(O)CNC(=O)c1cccc(N)c1OCC. The highest BCUT2D eigenvalue weighted by molar-refractivity contribution is 5.98. The van der Waals surface area contributed by atoms with Gasteiger partial charge in [-0.25, -0.2) is 0 Å². The molecule has 0 saturated heterocycles. The van der Waals surface area contributed by atoms with Gasteiger partial charge in [-0.05, 0) is 25.5 Å². The summed E-state index contributed by atoms with van der Waals surface area (Å²) < 4.78 is 5.39. The van der Waals surface area contributed by atoms with Crippen molar-refractivity contribution in [1.29, 1.82) is 0 Å². The van der Waals surface area contributed by atoms with Gasteiger partial charge in [0, 0.05) is 6.54 Å². The molecule has 5 nitrogen and oxygen atoms in total. The summed E-state index contributed by atoms with van der Waals surface area (Å²) in [7, 11) is 0. The fraction of sp³-hybridized carbons (Fsp3) is 0.500. The summed E-state index contributed by atoms with van der Waals surface area (Å²) in [6.07, 6.45) is 1.01. The number of aliphatic hydroxyl groups excluding tert-OH is 1. The van der Waals surface area contributed by atoms with Gasteiger partial charge in [0.25, 0.3) is 5.91 Å². The van der Waals surface area contributed by atoms with Crippen LogP contribution in [0, 0.1) is 0 Å². The maximum Gasteiger partial charge on any atom is 0.255 e. The summed E-state index contributed by atoms with van der Waals surface area (Å²) in [5, 5.41) is 12.3. The van der Waals surface area contributed by atoms with E-state index in [-0.39, 0.29) is 12.5 Å². The Labute approximate surface area is 113 Å². The van der Waals surface area contributed by atoms with Crippen LogP contribution in [0.4, 0.5) is 5.69 Å². The summed E-state index contributed by atoms with van der Waals surface area (Å²) in [6.45, 7) is 4.48. The molecule has 0 aliphatic rings. The minimum atomic E-state index is -0.523. The molecule has 0 aliphatic carbocycles. The van der Waals surface area contributed by atoms with Gasteiger partial charge in [0.1, 0.15) is 0 Å². The number of anilines is 1. The molecule has 0 fully saturated rings. The predicted molar refractivity (Wildman–Crippen MR) is 75.3 cm³/mol. The lowest BCUT2D eigenvalue weighted by Gasteiger charge is -2.14. The first-order chi connectivity index (χ1) is 9.10. The number of amides is 1. The number of benzene rings is 1. The average Bonchev–Trinajstić information content (AvgIpc) is 2.39. The fourth-order valence-corrected chi connectivity index (χ4v) is 1.78. The van der Waals surface area contributed by atoms with E-state index in [4.69, 9.17) is 10.5 Å².